The number of hydrogen-bond acceptors (Lipinski definition) is 6. The van der Waals surface area contributed by atoms with Crippen LogP contribution in [0.2, 0.25) is 0 Å². The first-order valence-corrected chi connectivity index (χ1v) is 9.79. The Hall–Kier alpha value is -3.65. The van der Waals surface area contributed by atoms with Crippen molar-refractivity contribution in [2.24, 2.45) is 4.99 Å². The van der Waals surface area contributed by atoms with Crippen LogP contribution >= 0.6 is 0 Å². The number of aliphatic imine (C=N–C) groups is 1. The maximum absolute atomic E-state index is 12.4. The smallest absolute Gasteiger partial charge is 0.251 e. The molecule has 8 nitrogen and oxygen atoms in total. The lowest BCUT2D eigenvalue weighted by atomic mass is 10.1. The molecule has 1 amide bonds. The van der Waals surface area contributed by atoms with Gasteiger partial charge >= 0.3 is 0 Å². The number of allylic oxidation sites excluding steroid dienone is 3. The van der Waals surface area contributed by atoms with Gasteiger partial charge in [0.2, 0.25) is 0 Å². The summed E-state index contributed by atoms with van der Waals surface area (Å²) in [6, 6.07) is 7.54. The Morgan fingerprint density at radius 1 is 1.30 bits per heavy atom. The van der Waals surface area contributed by atoms with Crippen molar-refractivity contribution in [1.82, 2.24) is 25.8 Å². The zero-order chi connectivity index (χ0) is 21.2. The molecule has 0 bridgehead atoms. The molecule has 1 aliphatic heterocycles. The molecule has 8 heteroatoms. The van der Waals surface area contributed by atoms with E-state index in [0.717, 1.165) is 36.5 Å². The second-order valence-corrected chi connectivity index (χ2v) is 6.74. The number of anilines is 1. The average Bonchev–Trinajstić information content (AvgIpc) is 3.47. The zero-order valence-electron chi connectivity index (χ0n) is 17.0. The zero-order valence-corrected chi connectivity index (χ0v) is 17.0. The van der Waals surface area contributed by atoms with Crippen molar-refractivity contribution in [3.63, 3.8) is 0 Å². The highest BCUT2D eigenvalue weighted by molar-refractivity contribution is 5.94. The van der Waals surface area contributed by atoms with E-state index in [0.29, 0.717) is 5.56 Å². The first-order chi connectivity index (χ1) is 14.7. The number of nitrogens with zero attached hydrogens (tertiary/aromatic N) is 3. The molecule has 1 aromatic heterocycles. The van der Waals surface area contributed by atoms with Crippen LogP contribution in [0.1, 0.15) is 22.3 Å². The number of rotatable bonds is 9. The van der Waals surface area contributed by atoms with Crippen LogP contribution in [0.25, 0.3) is 5.70 Å². The van der Waals surface area contributed by atoms with Gasteiger partial charge in [-0.25, -0.2) is 0 Å². The minimum Gasteiger partial charge on any atom is -0.348 e. The second kappa shape index (κ2) is 10.8. The van der Waals surface area contributed by atoms with Gasteiger partial charge in [0.15, 0.2) is 0 Å². The van der Waals surface area contributed by atoms with E-state index < -0.39 is 0 Å². The highest BCUT2D eigenvalue weighted by Gasteiger charge is 2.17. The summed E-state index contributed by atoms with van der Waals surface area (Å²) in [4.78, 5) is 16.3. The summed E-state index contributed by atoms with van der Waals surface area (Å²) in [7, 11) is 1.72. The summed E-state index contributed by atoms with van der Waals surface area (Å²) in [5.74, 6) is -0.0578. The predicted molar refractivity (Wildman–Crippen MR) is 121 cm³/mol. The molecule has 1 unspecified atom stereocenters. The summed E-state index contributed by atoms with van der Waals surface area (Å²) >= 11 is 0. The molecule has 1 fully saturated rings. The SMILES string of the molecule is C=CN(Nc1ccc(C(=O)NC2CCNC2)cc1)/C(=C\C=C/C=NC)c1cn[nH]c1. The normalized spacial score (nSPS) is 16.8. The fourth-order valence-corrected chi connectivity index (χ4v) is 3.08. The molecule has 30 heavy (non-hydrogen) atoms. The van der Waals surface area contributed by atoms with Crippen LogP contribution in [0.4, 0.5) is 5.69 Å². The summed E-state index contributed by atoms with van der Waals surface area (Å²) < 4.78 is 0. The third-order valence-corrected chi connectivity index (χ3v) is 4.63. The molecule has 0 aliphatic carbocycles. The molecule has 0 saturated carbocycles. The van der Waals surface area contributed by atoms with E-state index in [1.165, 1.54) is 0 Å². The van der Waals surface area contributed by atoms with Gasteiger partial charge in [0, 0.05) is 49.4 Å². The van der Waals surface area contributed by atoms with Gasteiger partial charge in [0.25, 0.3) is 5.91 Å². The molecule has 0 spiro atoms. The van der Waals surface area contributed by atoms with Gasteiger partial charge in [-0.1, -0.05) is 12.7 Å². The molecule has 4 N–H and O–H groups in total. The fraction of sp³-hybridized carbons (Fsp3) is 0.227. The molecule has 1 aromatic carbocycles. The number of hydrogen-bond donors (Lipinski definition) is 4. The summed E-state index contributed by atoms with van der Waals surface area (Å²) in [5, 5.41) is 14.9. The largest absolute Gasteiger partial charge is 0.348 e. The van der Waals surface area contributed by atoms with Gasteiger partial charge in [0.05, 0.1) is 17.6 Å². The van der Waals surface area contributed by atoms with E-state index in [2.05, 4.69) is 37.8 Å². The van der Waals surface area contributed by atoms with E-state index in [-0.39, 0.29) is 11.9 Å². The van der Waals surface area contributed by atoms with Crippen LogP contribution in [0, 0.1) is 0 Å². The number of H-pyrrole nitrogens is 1. The molecule has 2 heterocycles. The topological polar surface area (TPSA) is 97.4 Å². The van der Waals surface area contributed by atoms with Crippen molar-refractivity contribution in [3.05, 3.63) is 78.8 Å². The summed E-state index contributed by atoms with van der Waals surface area (Å²) in [6.45, 7) is 5.67. The van der Waals surface area contributed by atoms with Gasteiger partial charge in [0.1, 0.15) is 0 Å². The van der Waals surface area contributed by atoms with Crippen LogP contribution in [0.15, 0.2) is 72.7 Å². The molecule has 3 rings (SSSR count). The van der Waals surface area contributed by atoms with E-state index in [1.807, 2.05) is 30.4 Å². The lowest BCUT2D eigenvalue weighted by molar-refractivity contribution is 0.0940. The third-order valence-electron chi connectivity index (χ3n) is 4.63. The molecule has 0 radical (unpaired) electrons. The molecule has 156 valence electrons. The number of benzene rings is 1. The maximum Gasteiger partial charge on any atom is 0.251 e. The van der Waals surface area contributed by atoms with Crippen molar-refractivity contribution >= 4 is 23.5 Å². The van der Waals surface area contributed by atoms with Crippen molar-refractivity contribution in [1.29, 1.82) is 0 Å². The highest BCUT2D eigenvalue weighted by Crippen LogP contribution is 2.21. The molecule has 2 aromatic rings. The Morgan fingerprint density at radius 2 is 2.13 bits per heavy atom. The third kappa shape index (κ3) is 5.68. The predicted octanol–water partition coefficient (Wildman–Crippen LogP) is 2.57. The van der Waals surface area contributed by atoms with Crippen molar-refractivity contribution in [3.8, 4) is 0 Å². The van der Waals surface area contributed by atoms with Crippen molar-refractivity contribution in [2.75, 3.05) is 25.6 Å². The minimum atomic E-state index is -0.0578. The summed E-state index contributed by atoms with van der Waals surface area (Å²) in [6.07, 6.45) is 13.5. The monoisotopic (exact) mass is 405 g/mol. The molecule has 1 aliphatic rings. The van der Waals surface area contributed by atoms with Crippen molar-refractivity contribution in [2.45, 2.75) is 12.5 Å². The lowest BCUT2D eigenvalue weighted by Gasteiger charge is -2.24. The molecular weight excluding hydrogens is 378 g/mol. The number of amides is 1. The Kier molecular flexibility index (Phi) is 7.57. The van der Waals surface area contributed by atoms with Crippen LogP contribution in [0.5, 0.6) is 0 Å². The quantitative estimate of drug-likeness (QED) is 0.292. The van der Waals surface area contributed by atoms with Gasteiger partial charge in [-0.05, 0) is 49.4 Å². The van der Waals surface area contributed by atoms with Gasteiger partial charge < -0.3 is 10.6 Å². The van der Waals surface area contributed by atoms with Crippen LogP contribution < -0.4 is 16.1 Å². The number of nitrogens with one attached hydrogen (secondary N) is 4. The lowest BCUT2D eigenvalue weighted by Crippen LogP contribution is -2.36. The Labute approximate surface area is 176 Å². The standard InChI is InChI=1S/C22H27N7O/c1-3-29(21(6-4-5-12-23-2)18-14-25-26-15-18)28-19-9-7-17(8-10-19)22(30)27-20-11-13-24-16-20/h3-10,12,14-15,20,24,28H,1,11,13,16H2,2H3,(H,25,26)(H,27,30)/b5-4-,21-6-,23-12?. The average molecular weight is 406 g/mol. The van der Waals surface area contributed by atoms with Crippen LogP contribution in [-0.2, 0) is 0 Å². The van der Waals surface area contributed by atoms with Gasteiger partial charge in [-0.15, -0.1) is 0 Å². The second-order valence-electron chi connectivity index (χ2n) is 6.74. The van der Waals surface area contributed by atoms with E-state index in [1.54, 1.807) is 49.0 Å². The van der Waals surface area contributed by atoms with E-state index >= 15 is 0 Å². The molecular formula is C22H27N7O. The first-order valence-electron chi connectivity index (χ1n) is 9.79. The number of carbonyl (C=O) groups excluding carboxylic acids is 1. The first kappa shape index (κ1) is 21.1. The van der Waals surface area contributed by atoms with Crippen LogP contribution in [-0.4, -0.2) is 53.5 Å². The Bertz CT molecular complexity index is 907. The molecule has 1 atom stereocenters. The Morgan fingerprint density at radius 3 is 2.77 bits per heavy atom. The molecule has 1 saturated heterocycles. The summed E-state index contributed by atoms with van der Waals surface area (Å²) in [5.41, 5.74) is 6.48. The fourth-order valence-electron chi connectivity index (χ4n) is 3.08. The minimum absolute atomic E-state index is 0.0578. The van der Waals surface area contributed by atoms with E-state index in [9.17, 15) is 4.79 Å². The maximum atomic E-state index is 12.4. The number of hydrazine groups is 1. The van der Waals surface area contributed by atoms with Crippen LogP contribution in [0.3, 0.4) is 0 Å². The van der Waals surface area contributed by atoms with Crippen molar-refractivity contribution < 1.29 is 4.79 Å². The van der Waals surface area contributed by atoms with E-state index in [4.69, 9.17) is 0 Å². The number of carbonyl (C=O) groups is 1. The number of aromatic amines is 1. The van der Waals surface area contributed by atoms with Gasteiger partial charge in [-0.3, -0.25) is 25.3 Å². The highest BCUT2D eigenvalue weighted by atomic mass is 16.1. The van der Waals surface area contributed by atoms with Gasteiger partial charge in [-0.2, -0.15) is 5.10 Å². The number of aromatic nitrogens is 2. The Balaban J connectivity index is 1.71.